The number of rotatable bonds is 8. The van der Waals surface area contributed by atoms with E-state index in [2.05, 4.69) is 15.8 Å². The van der Waals surface area contributed by atoms with Crippen molar-refractivity contribution in [2.75, 3.05) is 20.8 Å². The average Bonchev–Trinajstić information content (AvgIpc) is 2.74. The molecule has 2 amide bonds. The first-order valence-corrected chi connectivity index (χ1v) is 8.60. The van der Waals surface area contributed by atoms with Gasteiger partial charge < -0.3 is 14.8 Å². The molecule has 0 bridgehead atoms. The second-order valence-electron chi connectivity index (χ2n) is 5.78. The molecule has 2 aromatic rings. The van der Waals surface area contributed by atoms with Crippen molar-refractivity contribution >= 4 is 23.6 Å². The van der Waals surface area contributed by atoms with E-state index in [4.69, 9.17) is 9.47 Å². The number of allylic oxidation sites excluding steroid dienone is 1. The smallest absolute Gasteiger partial charge is 0.259 e. The quantitative estimate of drug-likeness (QED) is 0.543. The summed E-state index contributed by atoms with van der Waals surface area (Å²) in [6.45, 7) is 1.56. The van der Waals surface area contributed by atoms with Gasteiger partial charge in [0, 0.05) is 5.56 Å². The third kappa shape index (κ3) is 6.28. The Morgan fingerprint density at radius 1 is 1.04 bits per heavy atom. The third-order valence-electron chi connectivity index (χ3n) is 3.73. The van der Waals surface area contributed by atoms with E-state index in [1.165, 1.54) is 14.2 Å². The Morgan fingerprint density at radius 3 is 2.43 bits per heavy atom. The van der Waals surface area contributed by atoms with Gasteiger partial charge in [0.15, 0.2) is 11.5 Å². The number of methoxy groups -OCH3 is 2. The standard InChI is InChI=1S/C21H23N3O4/c1-15(9-10-16-7-5-4-6-8-16)23-24-20(25)14-22-21(26)17-11-12-18(27-2)19(13-17)28-3/h4-13H,14H2,1-3H3,(H,22,26)(H,24,25)/b10-9+,23-15+. The monoisotopic (exact) mass is 381 g/mol. The molecular weight excluding hydrogens is 358 g/mol. The van der Waals surface area contributed by atoms with E-state index in [1.807, 2.05) is 36.4 Å². The maximum absolute atomic E-state index is 12.2. The minimum Gasteiger partial charge on any atom is -0.493 e. The number of hydrogen-bond donors (Lipinski definition) is 2. The van der Waals surface area contributed by atoms with E-state index in [-0.39, 0.29) is 6.54 Å². The molecule has 2 rings (SSSR count). The number of ether oxygens (including phenoxy) is 2. The molecule has 2 aromatic carbocycles. The fourth-order valence-corrected chi connectivity index (χ4v) is 2.25. The Morgan fingerprint density at radius 2 is 1.75 bits per heavy atom. The van der Waals surface area contributed by atoms with Gasteiger partial charge in [-0.3, -0.25) is 9.59 Å². The first kappa shape index (κ1) is 20.7. The summed E-state index contributed by atoms with van der Waals surface area (Å²) in [4.78, 5) is 24.1. The zero-order chi connectivity index (χ0) is 20.4. The molecule has 0 unspecified atom stereocenters. The van der Waals surface area contributed by atoms with Crippen molar-refractivity contribution in [1.29, 1.82) is 0 Å². The summed E-state index contributed by atoms with van der Waals surface area (Å²) in [5.74, 6) is 0.122. The first-order chi connectivity index (χ1) is 13.5. The molecule has 7 nitrogen and oxygen atoms in total. The zero-order valence-electron chi connectivity index (χ0n) is 16.1. The predicted molar refractivity (Wildman–Crippen MR) is 109 cm³/mol. The fraction of sp³-hybridized carbons (Fsp3) is 0.190. The lowest BCUT2D eigenvalue weighted by Gasteiger charge is -2.09. The lowest BCUT2D eigenvalue weighted by molar-refractivity contribution is -0.120. The van der Waals surface area contributed by atoms with E-state index < -0.39 is 11.8 Å². The first-order valence-electron chi connectivity index (χ1n) is 8.60. The molecule has 0 aliphatic rings. The van der Waals surface area contributed by atoms with Crippen LogP contribution in [0.3, 0.4) is 0 Å². The summed E-state index contributed by atoms with van der Waals surface area (Å²) in [6, 6.07) is 14.5. The van der Waals surface area contributed by atoms with Gasteiger partial charge in [-0.15, -0.1) is 0 Å². The lowest BCUT2D eigenvalue weighted by Crippen LogP contribution is -2.35. The number of amides is 2. The van der Waals surface area contributed by atoms with Gasteiger partial charge in [0.25, 0.3) is 11.8 Å². The van der Waals surface area contributed by atoms with Crippen LogP contribution in [0.1, 0.15) is 22.8 Å². The van der Waals surface area contributed by atoms with Crippen LogP contribution < -0.4 is 20.2 Å². The number of hydrazone groups is 1. The van der Waals surface area contributed by atoms with Crippen LogP contribution in [0.15, 0.2) is 59.7 Å². The third-order valence-corrected chi connectivity index (χ3v) is 3.73. The highest BCUT2D eigenvalue weighted by Crippen LogP contribution is 2.27. The number of carbonyl (C=O) groups excluding carboxylic acids is 2. The molecule has 0 saturated heterocycles. The summed E-state index contributed by atoms with van der Waals surface area (Å²) >= 11 is 0. The molecule has 0 aliphatic carbocycles. The van der Waals surface area contributed by atoms with E-state index in [1.54, 1.807) is 31.2 Å². The van der Waals surface area contributed by atoms with Crippen LogP contribution in [0, 0.1) is 0 Å². The molecular formula is C21H23N3O4. The van der Waals surface area contributed by atoms with Gasteiger partial charge in [-0.1, -0.05) is 36.4 Å². The van der Waals surface area contributed by atoms with Crippen LogP contribution in [-0.4, -0.2) is 38.3 Å². The lowest BCUT2D eigenvalue weighted by atomic mass is 10.2. The van der Waals surface area contributed by atoms with Gasteiger partial charge in [0.2, 0.25) is 0 Å². The molecule has 2 N–H and O–H groups in total. The van der Waals surface area contributed by atoms with Gasteiger partial charge >= 0.3 is 0 Å². The molecule has 0 heterocycles. The second-order valence-corrected chi connectivity index (χ2v) is 5.78. The van der Waals surface area contributed by atoms with Crippen molar-refractivity contribution in [3.63, 3.8) is 0 Å². The van der Waals surface area contributed by atoms with Gasteiger partial charge in [0.1, 0.15) is 0 Å². The molecule has 0 aromatic heterocycles. The highest BCUT2D eigenvalue weighted by atomic mass is 16.5. The Hall–Kier alpha value is -3.61. The summed E-state index contributed by atoms with van der Waals surface area (Å²) in [6.07, 6.45) is 3.68. The minimum atomic E-state index is -0.429. The number of carbonyl (C=O) groups is 2. The highest BCUT2D eigenvalue weighted by Gasteiger charge is 2.11. The topological polar surface area (TPSA) is 89.0 Å². The summed E-state index contributed by atoms with van der Waals surface area (Å²) in [7, 11) is 3.00. The van der Waals surface area contributed by atoms with Crippen LogP contribution in [0.4, 0.5) is 0 Å². The predicted octanol–water partition coefficient (Wildman–Crippen LogP) is 2.64. The number of nitrogens with one attached hydrogen (secondary N) is 2. The molecule has 0 aliphatic heterocycles. The average molecular weight is 381 g/mol. The normalized spacial score (nSPS) is 11.2. The summed E-state index contributed by atoms with van der Waals surface area (Å²) < 4.78 is 10.3. The molecule has 7 heteroatoms. The summed E-state index contributed by atoms with van der Waals surface area (Å²) in [5.41, 5.74) is 4.42. The SMILES string of the molecule is COc1ccc(C(=O)NCC(=O)N/N=C(C)/C=C/c2ccccc2)cc1OC. The number of hydrogen-bond acceptors (Lipinski definition) is 5. The van der Waals surface area contributed by atoms with Crippen molar-refractivity contribution in [1.82, 2.24) is 10.7 Å². The number of benzene rings is 2. The summed E-state index contributed by atoms with van der Waals surface area (Å²) in [5, 5.41) is 6.52. The molecule has 146 valence electrons. The Labute approximate surface area is 164 Å². The second kappa shape index (κ2) is 10.5. The molecule has 0 radical (unpaired) electrons. The Balaban J connectivity index is 1.84. The maximum atomic E-state index is 12.2. The van der Waals surface area contributed by atoms with Crippen molar-refractivity contribution < 1.29 is 19.1 Å². The van der Waals surface area contributed by atoms with Crippen LogP contribution in [-0.2, 0) is 4.79 Å². The molecule has 0 fully saturated rings. The number of nitrogens with zero attached hydrogens (tertiary/aromatic N) is 1. The van der Waals surface area contributed by atoms with Gasteiger partial charge in [0.05, 0.1) is 26.5 Å². The van der Waals surface area contributed by atoms with E-state index in [9.17, 15) is 9.59 Å². The van der Waals surface area contributed by atoms with Crippen LogP contribution in [0.25, 0.3) is 6.08 Å². The van der Waals surface area contributed by atoms with E-state index in [0.29, 0.717) is 22.8 Å². The van der Waals surface area contributed by atoms with E-state index in [0.717, 1.165) is 5.56 Å². The minimum absolute atomic E-state index is 0.202. The maximum Gasteiger partial charge on any atom is 0.259 e. The van der Waals surface area contributed by atoms with Crippen molar-refractivity contribution in [2.45, 2.75) is 6.92 Å². The van der Waals surface area contributed by atoms with Crippen molar-refractivity contribution in [3.8, 4) is 11.5 Å². The van der Waals surface area contributed by atoms with Crippen LogP contribution in [0.5, 0.6) is 11.5 Å². The Bertz CT molecular complexity index is 876. The van der Waals surface area contributed by atoms with Crippen LogP contribution in [0.2, 0.25) is 0 Å². The zero-order valence-corrected chi connectivity index (χ0v) is 16.1. The van der Waals surface area contributed by atoms with Crippen molar-refractivity contribution in [2.24, 2.45) is 5.10 Å². The molecule has 28 heavy (non-hydrogen) atoms. The Kier molecular flexibility index (Phi) is 7.77. The highest BCUT2D eigenvalue weighted by molar-refractivity contribution is 5.98. The van der Waals surface area contributed by atoms with Crippen molar-refractivity contribution in [3.05, 3.63) is 65.7 Å². The van der Waals surface area contributed by atoms with E-state index >= 15 is 0 Å². The van der Waals surface area contributed by atoms with Crippen LogP contribution >= 0.6 is 0 Å². The molecule has 0 atom stereocenters. The van der Waals surface area contributed by atoms with Gasteiger partial charge in [-0.2, -0.15) is 5.10 Å². The van der Waals surface area contributed by atoms with Gasteiger partial charge in [-0.25, -0.2) is 5.43 Å². The molecule has 0 spiro atoms. The largest absolute Gasteiger partial charge is 0.493 e. The van der Waals surface area contributed by atoms with Gasteiger partial charge in [-0.05, 0) is 36.8 Å². The fourth-order valence-electron chi connectivity index (χ4n) is 2.25. The molecule has 0 saturated carbocycles.